The number of nitrogen functional groups attached to an aromatic ring is 1. The fourth-order valence-corrected chi connectivity index (χ4v) is 2.59. The van der Waals surface area contributed by atoms with Crippen LogP contribution < -0.4 is 11.1 Å². The Hall–Kier alpha value is -1.56. The molecule has 0 bridgehead atoms. The van der Waals surface area contributed by atoms with Gasteiger partial charge in [-0.1, -0.05) is 13.8 Å². The van der Waals surface area contributed by atoms with E-state index in [-0.39, 0.29) is 29.2 Å². The van der Waals surface area contributed by atoms with E-state index >= 15 is 0 Å². The molecule has 1 heterocycles. The molecule has 0 saturated heterocycles. The smallest absolute Gasteiger partial charge is 0.274 e. The van der Waals surface area contributed by atoms with Gasteiger partial charge in [0.25, 0.3) is 5.91 Å². The molecule has 5 N–H and O–H groups in total. The molecule has 0 aliphatic heterocycles. The lowest BCUT2D eigenvalue weighted by molar-refractivity contribution is -0.0689. The zero-order valence-corrected chi connectivity index (χ0v) is 11.2. The first-order chi connectivity index (χ1) is 8.91. The summed E-state index contributed by atoms with van der Waals surface area (Å²) in [5.74, 6) is 0.182. The van der Waals surface area contributed by atoms with Crippen LogP contribution in [0.25, 0.3) is 0 Å². The number of aliphatic hydroxyl groups is 1. The van der Waals surface area contributed by atoms with Gasteiger partial charge in [-0.2, -0.15) is 5.10 Å². The summed E-state index contributed by atoms with van der Waals surface area (Å²) in [6, 6.07) is -0.0320. The fourth-order valence-electron chi connectivity index (χ4n) is 2.59. The first-order valence-electron chi connectivity index (χ1n) is 6.74. The number of carbonyl (C=O) groups is 1. The summed E-state index contributed by atoms with van der Waals surface area (Å²) in [6.07, 6.45) is 2.43. The Kier molecular flexibility index (Phi) is 2.60. The zero-order valence-electron chi connectivity index (χ0n) is 11.2. The van der Waals surface area contributed by atoms with Gasteiger partial charge in [0.05, 0.1) is 17.5 Å². The molecule has 1 aromatic rings. The lowest BCUT2D eigenvalue weighted by Gasteiger charge is -2.49. The molecule has 0 spiro atoms. The lowest BCUT2D eigenvalue weighted by atomic mass is 9.64. The number of carbonyl (C=O) groups excluding carboxylic acids is 1. The van der Waals surface area contributed by atoms with Gasteiger partial charge in [0.15, 0.2) is 5.69 Å². The van der Waals surface area contributed by atoms with Gasteiger partial charge in [-0.3, -0.25) is 9.89 Å². The van der Waals surface area contributed by atoms with Crippen molar-refractivity contribution in [1.82, 2.24) is 15.5 Å². The molecular formula is C13H20N4O2. The van der Waals surface area contributed by atoms with E-state index < -0.39 is 0 Å². The van der Waals surface area contributed by atoms with Gasteiger partial charge in [0.1, 0.15) is 0 Å². The third-order valence-corrected chi connectivity index (χ3v) is 4.56. The van der Waals surface area contributed by atoms with Crippen LogP contribution in [0, 0.1) is 5.41 Å². The van der Waals surface area contributed by atoms with Gasteiger partial charge in [-0.25, -0.2) is 0 Å². The quantitative estimate of drug-likeness (QED) is 0.647. The molecule has 19 heavy (non-hydrogen) atoms. The summed E-state index contributed by atoms with van der Waals surface area (Å²) in [6.45, 7) is 3.88. The van der Waals surface area contributed by atoms with E-state index in [0.717, 1.165) is 18.5 Å². The molecule has 1 amide bonds. The van der Waals surface area contributed by atoms with E-state index in [9.17, 15) is 9.90 Å². The van der Waals surface area contributed by atoms with Crippen LogP contribution in [0.15, 0.2) is 0 Å². The van der Waals surface area contributed by atoms with Crippen LogP contribution in [0.4, 0.5) is 5.69 Å². The third kappa shape index (κ3) is 1.90. The van der Waals surface area contributed by atoms with Crippen molar-refractivity contribution >= 4 is 11.6 Å². The summed E-state index contributed by atoms with van der Waals surface area (Å²) in [5.41, 5.74) is 7.31. The first-order valence-corrected chi connectivity index (χ1v) is 6.74. The standard InChI is InChI=1S/C13H20N4O2/c1-13(2)7(5-8(13)18)15-12(19)11-9(14)10(16-17-11)6-3-4-6/h6-8,18H,3-5,14H2,1-2H3,(H,15,19)(H,16,17). The molecule has 0 aromatic carbocycles. The molecule has 1 aromatic heterocycles. The molecule has 2 unspecified atom stereocenters. The Morgan fingerprint density at radius 2 is 2.21 bits per heavy atom. The molecule has 3 rings (SSSR count). The number of nitrogens with zero attached hydrogens (tertiary/aromatic N) is 1. The Labute approximate surface area is 111 Å². The highest BCUT2D eigenvalue weighted by molar-refractivity contribution is 5.98. The van der Waals surface area contributed by atoms with Crippen molar-refractivity contribution in [1.29, 1.82) is 0 Å². The van der Waals surface area contributed by atoms with Crippen molar-refractivity contribution in [3.63, 3.8) is 0 Å². The molecule has 6 heteroatoms. The van der Waals surface area contributed by atoms with Gasteiger partial charge in [0.2, 0.25) is 0 Å². The minimum atomic E-state index is -0.364. The molecule has 0 radical (unpaired) electrons. The third-order valence-electron chi connectivity index (χ3n) is 4.56. The average Bonchev–Trinajstić information content (AvgIpc) is 3.12. The number of nitrogens with two attached hydrogens (primary N) is 1. The second-order valence-electron chi connectivity index (χ2n) is 6.27. The number of rotatable bonds is 3. The van der Waals surface area contributed by atoms with Crippen LogP contribution in [-0.4, -0.2) is 33.4 Å². The summed E-state index contributed by atoms with van der Waals surface area (Å²) >= 11 is 0. The highest BCUT2D eigenvalue weighted by Gasteiger charge is 2.48. The van der Waals surface area contributed by atoms with Crippen molar-refractivity contribution in [3.05, 3.63) is 11.4 Å². The number of aliphatic hydroxyl groups excluding tert-OH is 1. The van der Waals surface area contributed by atoms with E-state index in [1.807, 2.05) is 13.8 Å². The Morgan fingerprint density at radius 3 is 2.74 bits per heavy atom. The van der Waals surface area contributed by atoms with E-state index in [1.54, 1.807) is 0 Å². The van der Waals surface area contributed by atoms with Gasteiger partial charge in [0, 0.05) is 17.4 Å². The Balaban J connectivity index is 1.71. The summed E-state index contributed by atoms with van der Waals surface area (Å²) in [4.78, 5) is 12.2. The van der Waals surface area contributed by atoms with Crippen molar-refractivity contribution in [3.8, 4) is 0 Å². The molecule has 6 nitrogen and oxygen atoms in total. The molecule has 2 fully saturated rings. The van der Waals surface area contributed by atoms with Crippen LogP contribution in [0.1, 0.15) is 55.2 Å². The number of nitrogens with one attached hydrogen (secondary N) is 2. The molecule has 2 saturated carbocycles. The number of aromatic nitrogens is 2. The summed E-state index contributed by atoms with van der Waals surface area (Å²) in [7, 11) is 0. The normalized spacial score (nSPS) is 28.8. The van der Waals surface area contributed by atoms with Crippen LogP contribution in [0.5, 0.6) is 0 Å². The molecule has 104 valence electrons. The van der Waals surface area contributed by atoms with E-state index in [4.69, 9.17) is 5.73 Å². The van der Waals surface area contributed by atoms with E-state index in [0.29, 0.717) is 18.0 Å². The van der Waals surface area contributed by atoms with Gasteiger partial charge >= 0.3 is 0 Å². The molecule has 2 aliphatic carbocycles. The maximum Gasteiger partial charge on any atom is 0.274 e. The number of aromatic amines is 1. The summed E-state index contributed by atoms with van der Waals surface area (Å²) < 4.78 is 0. The van der Waals surface area contributed by atoms with Crippen molar-refractivity contribution in [2.75, 3.05) is 5.73 Å². The lowest BCUT2D eigenvalue weighted by Crippen LogP contribution is -2.61. The number of hydrogen-bond donors (Lipinski definition) is 4. The fraction of sp³-hybridized carbons (Fsp3) is 0.692. The van der Waals surface area contributed by atoms with Gasteiger partial charge < -0.3 is 16.2 Å². The second-order valence-corrected chi connectivity index (χ2v) is 6.27. The van der Waals surface area contributed by atoms with Crippen molar-refractivity contribution < 1.29 is 9.90 Å². The van der Waals surface area contributed by atoms with Crippen LogP contribution in [0.2, 0.25) is 0 Å². The van der Waals surface area contributed by atoms with Crippen molar-refractivity contribution in [2.45, 2.75) is 51.2 Å². The highest BCUT2D eigenvalue weighted by Crippen LogP contribution is 2.43. The van der Waals surface area contributed by atoms with Crippen molar-refractivity contribution in [2.24, 2.45) is 5.41 Å². The van der Waals surface area contributed by atoms with Crippen LogP contribution in [-0.2, 0) is 0 Å². The summed E-state index contributed by atoms with van der Waals surface area (Å²) in [5, 5.41) is 19.5. The Bertz CT molecular complexity index is 519. The highest BCUT2D eigenvalue weighted by atomic mass is 16.3. The molecular weight excluding hydrogens is 244 g/mol. The van der Waals surface area contributed by atoms with Gasteiger partial charge in [-0.05, 0) is 19.3 Å². The average molecular weight is 264 g/mol. The zero-order chi connectivity index (χ0) is 13.8. The minimum absolute atomic E-state index is 0.0320. The van der Waals surface area contributed by atoms with Crippen LogP contribution in [0.3, 0.4) is 0 Å². The number of amides is 1. The first kappa shape index (κ1) is 12.5. The predicted molar refractivity (Wildman–Crippen MR) is 70.6 cm³/mol. The van der Waals surface area contributed by atoms with Gasteiger partial charge in [-0.15, -0.1) is 0 Å². The SMILES string of the molecule is CC1(C)C(O)CC1NC(=O)c1n[nH]c(C2CC2)c1N. The van der Waals surface area contributed by atoms with E-state index in [1.165, 1.54) is 0 Å². The van der Waals surface area contributed by atoms with Crippen LogP contribution >= 0.6 is 0 Å². The number of H-pyrrole nitrogens is 1. The maximum atomic E-state index is 12.2. The molecule has 2 atom stereocenters. The topological polar surface area (TPSA) is 104 Å². The number of anilines is 1. The Morgan fingerprint density at radius 1 is 1.53 bits per heavy atom. The number of hydrogen-bond acceptors (Lipinski definition) is 4. The second kappa shape index (κ2) is 3.96. The monoisotopic (exact) mass is 264 g/mol. The maximum absolute atomic E-state index is 12.2. The molecule has 2 aliphatic rings. The largest absolute Gasteiger partial charge is 0.395 e. The minimum Gasteiger partial charge on any atom is -0.395 e. The van der Waals surface area contributed by atoms with E-state index in [2.05, 4.69) is 15.5 Å². The predicted octanol–water partition coefficient (Wildman–Crippen LogP) is 0.758.